The van der Waals surface area contributed by atoms with E-state index < -0.39 is 0 Å². The van der Waals surface area contributed by atoms with Gasteiger partial charge < -0.3 is 21.7 Å². The van der Waals surface area contributed by atoms with E-state index in [1.165, 1.54) is 0 Å². The van der Waals surface area contributed by atoms with Crippen LogP contribution in [0.15, 0.2) is 35.1 Å². The van der Waals surface area contributed by atoms with Gasteiger partial charge in [-0.05, 0) is 12.1 Å². The van der Waals surface area contributed by atoms with E-state index in [9.17, 15) is 4.79 Å². The van der Waals surface area contributed by atoms with Gasteiger partial charge in [-0.25, -0.2) is 0 Å². The molecular formula is C13H16N6O. The Balaban J connectivity index is 1.68. The van der Waals surface area contributed by atoms with Crippen molar-refractivity contribution >= 4 is 23.1 Å². The van der Waals surface area contributed by atoms with Crippen LogP contribution >= 0.6 is 0 Å². The number of nitrogens with zero attached hydrogens (tertiary/aromatic N) is 1. The number of benzene rings is 1. The maximum atomic E-state index is 11.8. The Morgan fingerprint density at radius 2 is 2.15 bits per heavy atom. The van der Waals surface area contributed by atoms with Gasteiger partial charge in [0.2, 0.25) is 5.95 Å². The van der Waals surface area contributed by atoms with E-state index in [0.717, 1.165) is 5.69 Å². The molecule has 7 heteroatoms. The van der Waals surface area contributed by atoms with E-state index in [2.05, 4.69) is 25.9 Å². The average molecular weight is 272 g/mol. The van der Waals surface area contributed by atoms with Crippen LogP contribution in [-0.2, 0) is 0 Å². The summed E-state index contributed by atoms with van der Waals surface area (Å²) in [6.07, 6.45) is 0. The van der Waals surface area contributed by atoms with E-state index in [1.807, 2.05) is 30.3 Å². The summed E-state index contributed by atoms with van der Waals surface area (Å²) in [5.41, 5.74) is 6.73. The number of aromatic nitrogens is 2. The fourth-order valence-corrected chi connectivity index (χ4v) is 2.15. The fraction of sp³-hybridized carbons (Fsp3) is 0.231. The number of anilines is 4. The third-order valence-corrected chi connectivity index (χ3v) is 3.13. The number of H-pyrrole nitrogens is 1. The molecule has 7 nitrogen and oxygen atoms in total. The van der Waals surface area contributed by atoms with E-state index in [-0.39, 0.29) is 17.5 Å². The highest BCUT2D eigenvalue weighted by molar-refractivity contribution is 5.67. The zero-order valence-corrected chi connectivity index (χ0v) is 10.8. The van der Waals surface area contributed by atoms with Crippen LogP contribution in [0.25, 0.3) is 0 Å². The predicted molar refractivity (Wildman–Crippen MR) is 80.1 cm³/mol. The second-order valence-corrected chi connectivity index (χ2v) is 4.64. The molecule has 6 N–H and O–H groups in total. The summed E-state index contributed by atoms with van der Waals surface area (Å²) in [5.74, 6) is 0.617. The van der Waals surface area contributed by atoms with Crippen molar-refractivity contribution in [1.82, 2.24) is 9.97 Å². The standard InChI is InChI=1S/C13H16N6O/c14-13-18-11-10(12(20)19-13)17-9(7-16-11)6-15-8-4-2-1-3-5-8/h1-5,9,15,17H,6-7H2,(H4,14,16,18,19,20)/t9-/m0/s1. The lowest BCUT2D eigenvalue weighted by Gasteiger charge is -2.27. The van der Waals surface area contributed by atoms with Gasteiger partial charge in [0, 0.05) is 18.8 Å². The Labute approximate surface area is 115 Å². The first-order chi connectivity index (χ1) is 9.72. The summed E-state index contributed by atoms with van der Waals surface area (Å²) in [5, 5.41) is 9.61. The number of nitrogens with one attached hydrogen (secondary N) is 4. The van der Waals surface area contributed by atoms with Gasteiger partial charge in [0.15, 0.2) is 5.82 Å². The molecule has 1 atom stereocenters. The molecule has 2 aromatic rings. The van der Waals surface area contributed by atoms with Crippen LogP contribution in [0.2, 0.25) is 0 Å². The van der Waals surface area contributed by atoms with Crippen molar-refractivity contribution in [1.29, 1.82) is 0 Å². The number of rotatable bonds is 3. The molecule has 0 saturated carbocycles. The number of aromatic amines is 1. The molecule has 3 rings (SSSR count). The van der Waals surface area contributed by atoms with E-state index in [1.54, 1.807) is 0 Å². The topological polar surface area (TPSA) is 108 Å². The second-order valence-electron chi connectivity index (χ2n) is 4.64. The van der Waals surface area contributed by atoms with E-state index in [0.29, 0.717) is 24.6 Å². The maximum absolute atomic E-state index is 11.8. The van der Waals surface area contributed by atoms with Crippen LogP contribution in [-0.4, -0.2) is 29.1 Å². The second kappa shape index (κ2) is 5.12. The zero-order chi connectivity index (χ0) is 13.9. The minimum atomic E-state index is -0.260. The lowest BCUT2D eigenvalue weighted by molar-refractivity contribution is 0.762. The lowest BCUT2D eigenvalue weighted by atomic mass is 10.2. The van der Waals surface area contributed by atoms with Crippen molar-refractivity contribution in [2.75, 3.05) is 34.8 Å². The molecule has 0 bridgehead atoms. The molecule has 2 heterocycles. The number of para-hydroxylation sites is 1. The van der Waals surface area contributed by atoms with Crippen molar-refractivity contribution in [2.45, 2.75) is 6.04 Å². The highest BCUT2D eigenvalue weighted by Gasteiger charge is 2.21. The SMILES string of the molecule is Nc1nc2c(c(=O)[nH]1)N[C@@H](CNc1ccccc1)CN2. The minimum Gasteiger partial charge on any atom is -0.383 e. The summed E-state index contributed by atoms with van der Waals surface area (Å²) < 4.78 is 0. The molecule has 0 unspecified atom stereocenters. The van der Waals surface area contributed by atoms with Crippen molar-refractivity contribution in [3.63, 3.8) is 0 Å². The average Bonchev–Trinajstić information content (AvgIpc) is 2.46. The molecule has 1 aliphatic heterocycles. The van der Waals surface area contributed by atoms with Crippen molar-refractivity contribution in [2.24, 2.45) is 0 Å². The lowest BCUT2D eigenvalue weighted by Crippen LogP contribution is -2.41. The predicted octanol–water partition coefficient (Wildman–Crippen LogP) is 0.670. The van der Waals surface area contributed by atoms with E-state index in [4.69, 9.17) is 5.73 Å². The number of hydrogen-bond acceptors (Lipinski definition) is 6. The summed E-state index contributed by atoms with van der Waals surface area (Å²) in [4.78, 5) is 18.3. The Morgan fingerprint density at radius 3 is 2.95 bits per heavy atom. The van der Waals surface area contributed by atoms with Gasteiger partial charge in [-0.3, -0.25) is 9.78 Å². The first kappa shape index (κ1) is 12.3. The van der Waals surface area contributed by atoms with Crippen LogP contribution < -0.4 is 27.2 Å². The van der Waals surface area contributed by atoms with Gasteiger partial charge in [-0.15, -0.1) is 0 Å². The minimum absolute atomic E-state index is 0.0919. The molecule has 1 aliphatic rings. The first-order valence-corrected chi connectivity index (χ1v) is 6.41. The van der Waals surface area contributed by atoms with Gasteiger partial charge in [0.1, 0.15) is 5.69 Å². The normalized spacial score (nSPS) is 16.7. The Kier molecular flexibility index (Phi) is 3.16. The third kappa shape index (κ3) is 2.51. The maximum Gasteiger partial charge on any atom is 0.277 e. The van der Waals surface area contributed by atoms with Crippen LogP contribution in [0.5, 0.6) is 0 Å². The Morgan fingerprint density at radius 1 is 1.35 bits per heavy atom. The van der Waals surface area contributed by atoms with E-state index >= 15 is 0 Å². The summed E-state index contributed by atoms with van der Waals surface area (Å²) in [6, 6.07) is 10.0. The van der Waals surface area contributed by atoms with Crippen molar-refractivity contribution in [3.05, 3.63) is 40.7 Å². The molecule has 0 fully saturated rings. The number of nitrogens with two attached hydrogens (primary N) is 1. The van der Waals surface area contributed by atoms with Gasteiger partial charge in [0.05, 0.1) is 6.04 Å². The first-order valence-electron chi connectivity index (χ1n) is 6.41. The number of hydrogen-bond donors (Lipinski definition) is 5. The molecule has 0 spiro atoms. The summed E-state index contributed by atoms with van der Waals surface area (Å²) in [6.45, 7) is 1.36. The smallest absolute Gasteiger partial charge is 0.277 e. The van der Waals surface area contributed by atoms with Gasteiger partial charge in [0.25, 0.3) is 5.56 Å². The van der Waals surface area contributed by atoms with Crippen LogP contribution in [0.1, 0.15) is 0 Å². The Hall–Kier alpha value is -2.70. The van der Waals surface area contributed by atoms with Gasteiger partial charge >= 0.3 is 0 Å². The highest BCUT2D eigenvalue weighted by atomic mass is 16.1. The molecule has 0 radical (unpaired) electrons. The number of nitrogen functional groups attached to an aromatic ring is 1. The zero-order valence-electron chi connectivity index (χ0n) is 10.8. The largest absolute Gasteiger partial charge is 0.383 e. The molecule has 1 aromatic carbocycles. The summed E-state index contributed by atoms with van der Waals surface area (Å²) in [7, 11) is 0. The van der Waals surface area contributed by atoms with Gasteiger partial charge in [-0.2, -0.15) is 4.98 Å². The number of fused-ring (bicyclic) bond motifs is 1. The molecular weight excluding hydrogens is 256 g/mol. The molecule has 1 aromatic heterocycles. The van der Waals surface area contributed by atoms with Gasteiger partial charge in [-0.1, -0.05) is 18.2 Å². The molecule has 0 saturated heterocycles. The van der Waals surface area contributed by atoms with Crippen LogP contribution in [0.3, 0.4) is 0 Å². The molecule has 0 amide bonds. The quantitative estimate of drug-likeness (QED) is 0.562. The molecule has 20 heavy (non-hydrogen) atoms. The fourth-order valence-electron chi connectivity index (χ4n) is 2.15. The van der Waals surface area contributed by atoms with Crippen LogP contribution in [0, 0.1) is 0 Å². The van der Waals surface area contributed by atoms with Crippen LogP contribution in [0.4, 0.5) is 23.1 Å². The van der Waals surface area contributed by atoms with Crippen molar-refractivity contribution in [3.8, 4) is 0 Å². The summed E-state index contributed by atoms with van der Waals surface area (Å²) >= 11 is 0. The monoisotopic (exact) mass is 272 g/mol. The Bertz CT molecular complexity index is 654. The molecule has 0 aliphatic carbocycles. The molecule has 104 valence electrons. The van der Waals surface area contributed by atoms with Crippen molar-refractivity contribution < 1.29 is 0 Å². The highest BCUT2D eigenvalue weighted by Crippen LogP contribution is 2.19. The third-order valence-electron chi connectivity index (χ3n) is 3.13.